The molecule has 7 aromatic carbocycles. The predicted octanol–water partition coefficient (Wildman–Crippen LogP) is 12.3. The van der Waals surface area contributed by atoms with E-state index in [-0.39, 0.29) is 0 Å². The van der Waals surface area contributed by atoms with Crippen molar-refractivity contribution < 1.29 is 0 Å². The second-order valence-electron chi connectivity index (χ2n) is 15.6. The molecule has 0 aliphatic heterocycles. The van der Waals surface area contributed by atoms with Gasteiger partial charge in [-0.3, -0.25) is 14.1 Å². The number of rotatable bonds is 6. The molecule has 0 aliphatic carbocycles. The lowest BCUT2D eigenvalue weighted by Gasteiger charge is -2.11. The summed E-state index contributed by atoms with van der Waals surface area (Å²) in [5, 5.41) is 5.57. The summed E-state index contributed by atoms with van der Waals surface area (Å²) in [5.41, 5.74) is 12.0. The highest BCUT2D eigenvalue weighted by atomic mass is 15.2. The van der Waals surface area contributed by atoms with Gasteiger partial charge >= 0.3 is 0 Å². The third kappa shape index (κ3) is 5.50. The fourth-order valence-corrected chi connectivity index (χ4v) is 9.24. The van der Waals surface area contributed by atoms with Crippen molar-refractivity contribution in [3.8, 4) is 51.5 Å². The zero-order valence-electron chi connectivity index (χ0n) is 33.6. The standard InChI is InChI=1S/C54H33N9/c1-3-14-34(15-4-1)51-58-52(35-16-5-2-6-17-35)60-54(59-51)63-44-21-10-7-18-39(44)41-27-25-37(31-49(41)63)36-26-28-47-43(30-36)40-19-8-11-22-45(40)62(47)53-56-32-38(33-57-53)61-46-23-12-9-20-42(46)50-48(61)24-13-29-55-50/h1-33H. The van der Waals surface area contributed by atoms with E-state index in [1.807, 2.05) is 91.4 Å². The Morgan fingerprint density at radius 2 is 0.810 bits per heavy atom. The van der Waals surface area contributed by atoms with E-state index in [1.165, 1.54) is 0 Å². The van der Waals surface area contributed by atoms with E-state index in [9.17, 15) is 0 Å². The van der Waals surface area contributed by atoms with E-state index in [4.69, 9.17) is 29.9 Å². The first-order valence-electron chi connectivity index (χ1n) is 20.9. The van der Waals surface area contributed by atoms with Crippen LogP contribution in [-0.4, -0.2) is 43.6 Å². The summed E-state index contributed by atoms with van der Waals surface area (Å²) in [6.07, 6.45) is 5.65. The summed E-state index contributed by atoms with van der Waals surface area (Å²) in [7, 11) is 0. The number of hydrogen-bond donors (Lipinski definition) is 0. The molecule has 0 fully saturated rings. The minimum Gasteiger partial charge on any atom is -0.305 e. The van der Waals surface area contributed by atoms with E-state index in [0.717, 1.165) is 93.5 Å². The molecule has 294 valence electrons. The van der Waals surface area contributed by atoms with Crippen molar-refractivity contribution in [2.45, 2.75) is 0 Å². The lowest BCUT2D eigenvalue weighted by atomic mass is 10.0. The summed E-state index contributed by atoms with van der Waals surface area (Å²) in [4.78, 5) is 30.0. The first-order valence-corrected chi connectivity index (χ1v) is 20.9. The molecule has 0 radical (unpaired) electrons. The molecular formula is C54H33N9. The third-order valence-corrected chi connectivity index (χ3v) is 12.1. The van der Waals surface area contributed by atoms with E-state index in [0.29, 0.717) is 23.5 Å². The highest BCUT2D eigenvalue weighted by molar-refractivity contribution is 6.12. The van der Waals surface area contributed by atoms with Gasteiger partial charge in [0, 0.05) is 44.3 Å². The molecule has 6 heterocycles. The Morgan fingerprint density at radius 1 is 0.302 bits per heavy atom. The highest BCUT2D eigenvalue weighted by Crippen LogP contribution is 2.38. The van der Waals surface area contributed by atoms with Gasteiger partial charge in [0.25, 0.3) is 0 Å². The predicted molar refractivity (Wildman–Crippen MR) is 253 cm³/mol. The van der Waals surface area contributed by atoms with Crippen LogP contribution in [0.15, 0.2) is 201 Å². The Kier molecular flexibility index (Phi) is 7.70. The molecule has 0 amide bonds. The molecule has 0 saturated heterocycles. The molecule has 0 unspecified atom stereocenters. The van der Waals surface area contributed by atoms with Gasteiger partial charge in [-0.25, -0.2) is 15.0 Å². The average molecular weight is 808 g/mol. The van der Waals surface area contributed by atoms with Crippen LogP contribution in [0.2, 0.25) is 0 Å². The molecule has 9 heteroatoms. The fraction of sp³-hybridized carbons (Fsp3) is 0. The van der Waals surface area contributed by atoms with Gasteiger partial charge in [0.15, 0.2) is 11.6 Å². The smallest absolute Gasteiger partial charge is 0.238 e. The Bertz CT molecular complexity index is 3790. The van der Waals surface area contributed by atoms with Gasteiger partial charge in [-0.05, 0) is 59.7 Å². The Morgan fingerprint density at radius 3 is 1.49 bits per heavy atom. The van der Waals surface area contributed by atoms with Gasteiger partial charge in [0.1, 0.15) is 0 Å². The molecular weight excluding hydrogens is 775 g/mol. The van der Waals surface area contributed by atoms with Gasteiger partial charge in [0.2, 0.25) is 11.9 Å². The van der Waals surface area contributed by atoms with Crippen LogP contribution in [-0.2, 0) is 0 Å². The molecule has 13 aromatic rings. The largest absolute Gasteiger partial charge is 0.305 e. The molecule has 0 atom stereocenters. The van der Waals surface area contributed by atoms with E-state index in [1.54, 1.807) is 0 Å². The van der Waals surface area contributed by atoms with Gasteiger partial charge in [0.05, 0.1) is 56.7 Å². The van der Waals surface area contributed by atoms with Crippen molar-refractivity contribution in [3.63, 3.8) is 0 Å². The molecule has 0 aliphatic rings. The summed E-state index contributed by atoms with van der Waals surface area (Å²) < 4.78 is 6.51. The van der Waals surface area contributed by atoms with Crippen molar-refractivity contribution in [2.75, 3.05) is 0 Å². The number of nitrogens with zero attached hydrogens (tertiary/aromatic N) is 9. The second kappa shape index (κ2) is 13.9. The normalized spacial score (nSPS) is 11.8. The van der Waals surface area contributed by atoms with Crippen molar-refractivity contribution in [1.82, 2.24) is 43.6 Å². The first-order chi connectivity index (χ1) is 31.2. The van der Waals surface area contributed by atoms with Gasteiger partial charge in [-0.2, -0.15) is 9.97 Å². The molecule has 6 aromatic heterocycles. The molecule has 0 saturated carbocycles. The number of aromatic nitrogens is 9. The minimum atomic E-state index is 0.561. The average Bonchev–Trinajstić information content (AvgIpc) is 4.00. The lowest BCUT2D eigenvalue weighted by Crippen LogP contribution is -2.06. The van der Waals surface area contributed by atoms with Crippen LogP contribution < -0.4 is 0 Å². The van der Waals surface area contributed by atoms with E-state index < -0.39 is 0 Å². The summed E-state index contributed by atoms with van der Waals surface area (Å²) in [5.74, 6) is 2.40. The summed E-state index contributed by atoms with van der Waals surface area (Å²) >= 11 is 0. The van der Waals surface area contributed by atoms with Gasteiger partial charge in [-0.15, -0.1) is 0 Å². The molecule has 63 heavy (non-hydrogen) atoms. The lowest BCUT2D eigenvalue weighted by molar-refractivity contribution is 0.953. The molecule has 0 bridgehead atoms. The molecule has 0 spiro atoms. The van der Waals surface area contributed by atoms with Crippen LogP contribution in [0, 0.1) is 0 Å². The molecule has 13 rings (SSSR count). The fourth-order valence-electron chi connectivity index (χ4n) is 9.24. The third-order valence-electron chi connectivity index (χ3n) is 12.1. The van der Waals surface area contributed by atoms with Crippen LogP contribution in [0.1, 0.15) is 0 Å². The maximum absolute atomic E-state index is 5.15. The minimum absolute atomic E-state index is 0.561. The van der Waals surface area contributed by atoms with Crippen LogP contribution in [0.3, 0.4) is 0 Å². The second-order valence-corrected chi connectivity index (χ2v) is 15.6. The van der Waals surface area contributed by atoms with E-state index >= 15 is 0 Å². The SMILES string of the molecule is c1ccc(-c2nc(-c3ccccc3)nc(-n3c4ccccc4c4ccc(-c5ccc6c(c5)c5ccccc5n6-c5ncc(-n6c7ccccc7c7ncccc76)cn5)cc43)n2)cc1. The van der Waals surface area contributed by atoms with Gasteiger partial charge in [-0.1, -0.05) is 133 Å². The number of hydrogen-bond acceptors (Lipinski definition) is 6. The first kappa shape index (κ1) is 35.0. The van der Waals surface area contributed by atoms with Crippen molar-refractivity contribution >= 4 is 65.5 Å². The zero-order valence-corrected chi connectivity index (χ0v) is 33.6. The molecule has 9 nitrogen and oxygen atoms in total. The Labute approximate surface area is 359 Å². The number of pyridine rings is 1. The van der Waals surface area contributed by atoms with Crippen molar-refractivity contribution in [2.24, 2.45) is 0 Å². The maximum Gasteiger partial charge on any atom is 0.238 e. The topological polar surface area (TPSA) is 92.1 Å². The number of benzene rings is 7. The number of fused-ring (bicyclic) bond motifs is 9. The van der Waals surface area contributed by atoms with Crippen LogP contribution >= 0.6 is 0 Å². The highest BCUT2D eigenvalue weighted by Gasteiger charge is 2.20. The Balaban J connectivity index is 0.957. The van der Waals surface area contributed by atoms with Crippen LogP contribution in [0.4, 0.5) is 0 Å². The van der Waals surface area contributed by atoms with Gasteiger partial charge < -0.3 is 4.57 Å². The monoisotopic (exact) mass is 807 g/mol. The molecule has 0 N–H and O–H groups in total. The van der Waals surface area contributed by atoms with Crippen LogP contribution in [0.5, 0.6) is 0 Å². The Hall–Kier alpha value is -8.82. The van der Waals surface area contributed by atoms with Crippen LogP contribution in [0.25, 0.3) is 117 Å². The zero-order chi connectivity index (χ0) is 41.4. The number of para-hydroxylation sites is 3. The van der Waals surface area contributed by atoms with Crippen molar-refractivity contribution in [1.29, 1.82) is 0 Å². The van der Waals surface area contributed by atoms with E-state index in [2.05, 4.69) is 123 Å². The maximum atomic E-state index is 5.15. The summed E-state index contributed by atoms with van der Waals surface area (Å²) in [6, 6.07) is 62.9. The summed E-state index contributed by atoms with van der Waals surface area (Å²) in [6.45, 7) is 0. The van der Waals surface area contributed by atoms with Crippen molar-refractivity contribution in [3.05, 3.63) is 201 Å². The quantitative estimate of drug-likeness (QED) is 0.166.